The molecule has 1 unspecified atom stereocenters. The Kier molecular flexibility index (Phi) is 5.67. The number of hydrogen-bond donors (Lipinski definition) is 2. The van der Waals surface area contributed by atoms with Crippen LogP contribution in [0.3, 0.4) is 0 Å². The third-order valence-electron chi connectivity index (χ3n) is 2.41. The Morgan fingerprint density at radius 1 is 1.30 bits per heavy atom. The summed E-state index contributed by atoms with van der Waals surface area (Å²) < 4.78 is 9.24. The highest BCUT2D eigenvalue weighted by Crippen LogP contribution is 2.16. The second-order valence-electron chi connectivity index (χ2n) is 3.76. The lowest BCUT2D eigenvalue weighted by Crippen LogP contribution is -2.43. The molecule has 1 atom stereocenters. The molecular weight excluding hydrogens is 264 g/mol. The van der Waals surface area contributed by atoms with Crippen LogP contribution in [0.5, 0.6) is 0 Å². The van der Waals surface area contributed by atoms with E-state index in [9.17, 15) is 14.4 Å². The molecule has 3 N–H and O–H groups in total. The van der Waals surface area contributed by atoms with Crippen molar-refractivity contribution in [3.63, 3.8) is 0 Å². The van der Waals surface area contributed by atoms with Crippen LogP contribution in [-0.4, -0.2) is 37.6 Å². The SMILES string of the molecule is CCOC(=O)C(N)C(=O)Nc1ccccc1C(=O)OC. The highest BCUT2D eigenvalue weighted by atomic mass is 16.5. The minimum atomic E-state index is -1.46. The number of ether oxygens (including phenoxy) is 2. The van der Waals surface area contributed by atoms with Crippen LogP contribution >= 0.6 is 0 Å². The molecule has 0 heterocycles. The third-order valence-corrected chi connectivity index (χ3v) is 2.41. The molecule has 7 heteroatoms. The van der Waals surface area contributed by atoms with Gasteiger partial charge >= 0.3 is 11.9 Å². The molecule has 0 saturated heterocycles. The predicted octanol–water partition coefficient (Wildman–Crippen LogP) is 0.302. The van der Waals surface area contributed by atoms with E-state index in [1.165, 1.54) is 19.2 Å². The number of hydrogen-bond acceptors (Lipinski definition) is 6. The van der Waals surface area contributed by atoms with Crippen LogP contribution in [0.2, 0.25) is 0 Å². The van der Waals surface area contributed by atoms with Crippen LogP contribution in [-0.2, 0) is 19.1 Å². The topological polar surface area (TPSA) is 108 Å². The van der Waals surface area contributed by atoms with Crippen LogP contribution in [0.1, 0.15) is 17.3 Å². The van der Waals surface area contributed by atoms with Crippen molar-refractivity contribution in [3.05, 3.63) is 29.8 Å². The lowest BCUT2D eigenvalue weighted by atomic mass is 10.1. The molecule has 0 aliphatic heterocycles. The van der Waals surface area contributed by atoms with E-state index in [1.54, 1.807) is 19.1 Å². The number of nitrogens with two attached hydrogens (primary N) is 1. The molecule has 0 fully saturated rings. The van der Waals surface area contributed by atoms with Gasteiger partial charge in [-0.05, 0) is 19.1 Å². The van der Waals surface area contributed by atoms with Gasteiger partial charge in [-0.15, -0.1) is 0 Å². The fourth-order valence-corrected chi connectivity index (χ4v) is 1.43. The molecule has 0 radical (unpaired) electrons. The number of nitrogens with one attached hydrogen (secondary N) is 1. The molecule has 0 spiro atoms. The number of carbonyl (C=O) groups excluding carboxylic acids is 3. The molecule has 0 aliphatic carbocycles. The van der Waals surface area contributed by atoms with Gasteiger partial charge in [-0.2, -0.15) is 0 Å². The monoisotopic (exact) mass is 280 g/mol. The first-order valence-electron chi connectivity index (χ1n) is 5.91. The van der Waals surface area contributed by atoms with Crippen molar-refractivity contribution in [1.29, 1.82) is 0 Å². The van der Waals surface area contributed by atoms with Crippen LogP contribution in [0.15, 0.2) is 24.3 Å². The summed E-state index contributed by atoms with van der Waals surface area (Å²) in [5.74, 6) is -2.20. The van der Waals surface area contributed by atoms with E-state index in [2.05, 4.69) is 14.8 Å². The summed E-state index contributed by atoms with van der Waals surface area (Å²) in [7, 11) is 1.23. The Morgan fingerprint density at radius 2 is 1.95 bits per heavy atom. The van der Waals surface area contributed by atoms with E-state index in [-0.39, 0.29) is 17.9 Å². The fraction of sp³-hybridized carbons (Fsp3) is 0.308. The zero-order valence-corrected chi connectivity index (χ0v) is 11.2. The molecule has 1 aromatic carbocycles. The van der Waals surface area contributed by atoms with Crippen molar-refractivity contribution in [2.24, 2.45) is 5.73 Å². The number of anilines is 1. The van der Waals surface area contributed by atoms with Gasteiger partial charge < -0.3 is 20.5 Å². The van der Waals surface area contributed by atoms with Crippen molar-refractivity contribution in [1.82, 2.24) is 0 Å². The van der Waals surface area contributed by atoms with Gasteiger partial charge in [-0.1, -0.05) is 12.1 Å². The predicted molar refractivity (Wildman–Crippen MR) is 71.0 cm³/mol. The van der Waals surface area contributed by atoms with Crippen LogP contribution in [0.4, 0.5) is 5.69 Å². The number of esters is 2. The largest absolute Gasteiger partial charge is 0.465 e. The van der Waals surface area contributed by atoms with Crippen LogP contribution in [0.25, 0.3) is 0 Å². The van der Waals surface area contributed by atoms with E-state index in [1.807, 2.05) is 0 Å². The van der Waals surface area contributed by atoms with Crippen LogP contribution in [0, 0.1) is 0 Å². The average molecular weight is 280 g/mol. The smallest absolute Gasteiger partial charge is 0.339 e. The first-order valence-corrected chi connectivity index (χ1v) is 5.91. The molecule has 1 amide bonds. The summed E-state index contributed by atoms with van der Waals surface area (Å²) in [6.07, 6.45) is 0. The summed E-state index contributed by atoms with van der Waals surface area (Å²) in [4.78, 5) is 34.7. The summed E-state index contributed by atoms with van der Waals surface area (Å²) in [6.45, 7) is 1.73. The summed E-state index contributed by atoms with van der Waals surface area (Å²) >= 11 is 0. The molecule has 0 aliphatic rings. The van der Waals surface area contributed by atoms with Gasteiger partial charge in [0.15, 0.2) is 6.04 Å². The molecule has 1 aromatic rings. The quantitative estimate of drug-likeness (QED) is 0.593. The molecule has 108 valence electrons. The molecule has 0 aromatic heterocycles. The van der Waals surface area contributed by atoms with E-state index in [4.69, 9.17) is 5.73 Å². The van der Waals surface area contributed by atoms with E-state index >= 15 is 0 Å². The molecule has 7 nitrogen and oxygen atoms in total. The Bertz CT molecular complexity index is 515. The van der Waals surface area contributed by atoms with Gasteiger partial charge in [0.1, 0.15) is 0 Å². The second kappa shape index (κ2) is 7.25. The van der Waals surface area contributed by atoms with Crippen molar-refractivity contribution < 1.29 is 23.9 Å². The number of rotatable bonds is 5. The van der Waals surface area contributed by atoms with Crippen molar-refractivity contribution in [2.45, 2.75) is 13.0 Å². The highest BCUT2D eigenvalue weighted by molar-refractivity contribution is 6.10. The lowest BCUT2D eigenvalue weighted by Gasteiger charge is -2.13. The second-order valence-corrected chi connectivity index (χ2v) is 3.76. The average Bonchev–Trinajstić information content (AvgIpc) is 2.46. The van der Waals surface area contributed by atoms with Gasteiger partial charge in [0.25, 0.3) is 5.91 Å². The minimum Gasteiger partial charge on any atom is -0.465 e. The molecule has 1 rings (SSSR count). The molecular formula is C13H16N2O5. The maximum Gasteiger partial charge on any atom is 0.339 e. The fourth-order valence-electron chi connectivity index (χ4n) is 1.43. The van der Waals surface area contributed by atoms with E-state index < -0.39 is 23.9 Å². The number of amides is 1. The Hall–Kier alpha value is -2.41. The minimum absolute atomic E-state index is 0.124. The van der Waals surface area contributed by atoms with Gasteiger partial charge in [-0.3, -0.25) is 4.79 Å². The number of methoxy groups -OCH3 is 1. The van der Waals surface area contributed by atoms with Gasteiger partial charge in [0.2, 0.25) is 0 Å². The normalized spacial score (nSPS) is 11.3. The highest BCUT2D eigenvalue weighted by Gasteiger charge is 2.24. The molecule has 20 heavy (non-hydrogen) atoms. The standard InChI is InChI=1S/C13H16N2O5/c1-3-20-13(18)10(14)11(16)15-9-7-5-4-6-8(9)12(17)19-2/h4-7,10H,3,14H2,1-2H3,(H,15,16). The van der Waals surface area contributed by atoms with Crippen molar-refractivity contribution in [2.75, 3.05) is 19.0 Å². The van der Waals surface area contributed by atoms with Gasteiger partial charge in [0, 0.05) is 0 Å². The zero-order valence-electron chi connectivity index (χ0n) is 11.2. The maximum absolute atomic E-state index is 11.8. The van der Waals surface area contributed by atoms with Crippen LogP contribution < -0.4 is 11.1 Å². The Morgan fingerprint density at radius 3 is 2.55 bits per heavy atom. The number of para-hydroxylation sites is 1. The van der Waals surface area contributed by atoms with E-state index in [0.717, 1.165) is 0 Å². The Labute approximate surface area is 116 Å². The maximum atomic E-state index is 11.8. The summed E-state index contributed by atoms with van der Waals surface area (Å²) in [5.41, 5.74) is 5.83. The van der Waals surface area contributed by atoms with Crippen molar-refractivity contribution in [3.8, 4) is 0 Å². The molecule has 0 bridgehead atoms. The first-order chi connectivity index (χ1) is 9.51. The lowest BCUT2D eigenvalue weighted by molar-refractivity contribution is -0.146. The summed E-state index contributed by atoms with van der Waals surface area (Å²) in [6, 6.07) is 4.77. The Balaban J connectivity index is 2.86. The van der Waals surface area contributed by atoms with Gasteiger partial charge in [-0.25, -0.2) is 9.59 Å². The zero-order chi connectivity index (χ0) is 15.1. The number of benzene rings is 1. The third kappa shape index (κ3) is 3.79. The van der Waals surface area contributed by atoms with Gasteiger partial charge in [0.05, 0.1) is 25.0 Å². The van der Waals surface area contributed by atoms with Crippen molar-refractivity contribution >= 4 is 23.5 Å². The first kappa shape index (κ1) is 15.6. The van der Waals surface area contributed by atoms with E-state index in [0.29, 0.717) is 0 Å². The number of carbonyl (C=O) groups is 3. The molecule has 0 saturated carbocycles. The summed E-state index contributed by atoms with van der Waals surface area (Å²) in [5, 5.41) is 2.40.